The Bertz CT molecular complexity index is 820. The van der Waals surface area contributed by atoms with Gasteiger partial charge in [-0.15, -0.1) is 0 Å². The van der Waals surface area contributed by atoms with Crippen molar-refractivity contribution in [3.8, 4) is 6.07 Å². The first kappa shape index (κ1) is 17.8. The lowest BCUT2D eigenvalue weighted by molar-refractivity contribution is -0.226. The van der Waals surface area contributed by atoms with Crippen LogP contribution in [0.2, 0.25) is 0 Å². The molecule has 2 rings (SSSR count). The maximum atomic E-state index is 14.2. The van der Waals surface area contributed by atoms with E-state index in [1.54, 1.807) is 6.07 Å². The third kappa shape index (κ3) is 2.60. The van der Waals surface area contributed by atoms with Crippen LogP contribution in [0.25, 0.3) is 0 Å². The molecule has 24 heavy (non-hydrogen) atoms. The summed E-state index contributed by atoms with van der Waals surface area (Å²) in [6, 6.07) is 4.59. The number of nitriles is 1. The van der Waals surface area contributed by atoms with E-state index in [1.165, 1.54) is 0 Å². The number of rotatable bonds is 3. The quantitative estimate of drug-likeness (QED) is 0.555. The van der Waals surface area contributed by atoms with Gasteiger partial charge < -0.3 is 0 Å². The average Bonchev–Trinajstić information content (AvgIpc) is 2.52. The van der Waals surface area contributed by atoms with Crippen LogP contribution in [-0.4, -0.2) is 0 Å². The van der Waals surface area contributed by atoms with Gasteiger partial charge in [-0.1, -0.05) is 12.1 Å². The number of aryl methyl sites for hydroxylation is 1. The minimum Gasteiger partial charge on any atom is -0.206 e. The maximum Gasteiger partial charge on any atom is 0.345 e. The van der Waals surface area contributed by atoms with Crippen LogP contribution < -0.4 is 0 Å². The summed E-state index contributed by atoms with van der Waals surface area (Å²) in [6.45, 7) is 0.905. The van der Waals surface area contributed by atoms with Crippen LogP contribution in [0.5, 0.6) is 0 Å². The number of hydrogen-bond acceptors (Lipinski definition) is 1. The molecule has 0 amide bonds. The fraction of sp³-hybridized carbons (Fsp3) is 0.188. The summed E-state index contributed by atoms with van der Waals surface area (Å²) in [7, 11) is 0. The van der Waals surface area contributed by atoms with Crippen molar-refractivity contribution >= 4 is 0 Å². The molecule has 1 nitrogen and oxygen atoms in total. The Morgan fingerprint density at radius 1 is 0.875 bits per heavy atom. The predicted octanol–water partition coefficient (Wildman–Crippen LogP) is 5.17. The molecule has 0 radical (unpaired) electrons. The lowest BCUT2D eigenvalue weighted by Crippen LogP contribution is -2.37. The predicted molar refractivity (Wildman–Crippen MR) is 70.0 cm³/mol. The highest BCUT2D eigenvalue weighted by atomic mass is 19.3. The smallest absolute Gasteiger partial charge is 0.206 e. The molecule has 2 aromatic carbocycles. The molecule has 0 aromatic heterocycles. The van der Waals surface area contributed by atoms with Crippen molar-refractivity contribution in [1.29, 1.82) is 5.26 Å². The molecule has 2 aromatic rings. The second-order valence-electron chi connectivity index (χ2n) is 5.02. The summed E-state index contributed by atoms with van der Waals surface area (Å²) in [5, 5.41) is 8.57. The molecular weight excluding hydrogens is 339 g/mol. The first-order valence-electron chi connectivity index (χ1n) is 6.45. The van der Waals surface area contributed by atoms with Crippen molar-refractivity contribution in [2.24, 2.45) is 0 Å². The van der Waals surface area contributed by atoms with E-state index in [9.17, 15) is 30.7 Å². The zero-order valence-corrected chi connectivity index (χ0v) is 12.0. The summed E-state index contributed by atoms with van der Waals surface area (Å²) in [5.41, 5.74) is -4.32. The maximum absolute atomic E-state index is 14.2. The van der Waals surface area contributed by atoms with Gasteiger partial charge in [0.25, 0.3) is 0 Å². The van der Waals surface area contributed by atoms with Crippen LogP contribution in [0.1, 0.15) is 22.3 Å². The van der Waals surface area contributed by atoms with E-state index in [1.807, 2.05) is 0 Å². The topological polar surface area (TPSA) is 23.8 Å². The van der Waals surface area contributed by atoms with Gasteiger partial charge in [-0.05, 0) is 30.7 Å². The van der Waals surface area contributed by atoms with Crippen molar-refractivity contribution in [3.05, 3.63) is 70.0 Å². The summed E-state index contributed by atoms with van der Waals surface area (Å²) in [4.78, 5) is 0. The zero-order valence-electron chi connectivity index (χ0n) is 12.0. The lowest BCUT2D eigenvalue weighted by atomic mass is 9.93. The van der Waals surface area contributed by atoms with Gasteiger partial charge in [0, 0.05) is 5.56 Å². The molecular formula is C16H8F7N. The summed E-state index contributed by atoms with van der Waals surface area (Å²) in [5.74, 6) is -16.6. The molecule has 0 heterocycles. The molecule has 0 fully saturated rings. The molecule has 0 aliphatic heterocycles. The van der Waals surface area contributed by atoms with Gasteiger partial charge in [0.2, 0.25) is 0 Å². The van der Waals surface area contributed by atoms with Crippen LogP contribution >= 0.6 is 0 Å². The largest absolute Gasteiger partial charge is 0.345 e. The van der Waals surface area contributed by atoms with E-state index in [0.29, 0.717) is 12.1 Å². The van der Waals surface area contributed by atoms with Crippen molar-refractivity contribution < 1.29 is 30.7 Å². The van der Waals surface area contributed by atoms with Crippen molar-refractivity contribution in [3.63, 3.8) is 0 Å². The Morgan fingerprint density at radius 3 is 1.92 bits per heavy atom. The van der Waals surface area contributed by atoms with E-state index in [0.717, 1.165) is 19.1 Å². The number of benzene rings is 2. The minimum atomic E-state index is -5.36. The van der Waals surface area contributed by atoms with E-state index < -0.39 is 46.0 Å². The third-order valence-corrected chi connectivity index (χ3v) is 3.43. The van der Waals surface area contributed by atoms with Gasteiger partial charge in [0.15, 0.2) is 11.6 Å². The molecule has 126 valence electrons. The Morgan fingerprint density at radius 2 is 1.42 bits per heavy atom. The second-order valence-corrected chi connectivity index (χ2v) is 5.02. The van der Waals surface area contributed by atoms with Crippen LogP contribution in [0.4, 0.5) is 30.7 Å². The molecule has 0 saturated heterocycles. The van der Waals surface area contributed by atoms with Crippen LogP contribution in [0.3, 0.4) is 0 Å². The van der Waals surface area contributed by atoms with E-state index >= 15 is 0 Å². The second kappa shape index (κ2) is 5.82. The molecule has 0 aliphatic carbocycles. The fourth-order valence-electron chi connectivity index (χ4n) is 2.09. The van der Waals surface area contributed by atoms with Gasteiger partial charge in [-0.2, -0.15) is 22.8 Å². The van der Waals surface area contributed by atoms with E-state index in [2.05, 4.69) is 0 Å². The Labute approximate surface area is 131 Å². The zero-order chi connectivity index (χ0) is 18.3. The van der Waals surface area contributed by atoms with Gasteiger partial charge in [0.1, 0.15) is 11.4 Å². The fourth-order valence-corrected chi connectivity index (χ4v) is 2.09. The number of nitrogens with zero attached hydrogens (tertiary/aromatic N) is 1. The lowest BCUT2D eigenvalue weighted by Gasteiger charge is -2.28. The van der Waals surface area contributed by atoms with Gasteiger partial charge in [-0.3, -0.25) is 0 Å². The average molecular weight is 347 g/mol. The number of halogens is 7. The third-order valence-electron chi connectivity index (χ3n) is 3.43. The Balaban J connectivity index is 2.64. The molecule has 0 aliphatic rings. The van der Waals surface area contributed by atoms with E-state index in [-0.39, 0.29) is 11.6 Å². The first-order valence-corrected chi connectivity index (χ1v) is 6.45. The van der Waals surface area contributed by atoms with Gasteiger partial charge in [0.05, 0.1) is 11.6 Å². The molecule has 0 spiro atoms. The van der Waals surface area contributed by atoms with Crippen molar-refractivity contribution in [2.45, 2.75) is 18.8 Å². The normalized spacial score (nSPS) is 12.1. The highest BCUT2D eigenvalue weighted by Crippen LogP contribution is 2.51. The van der Waals surface area contributed by atoms with Gasteiger partial charge in [-0.25, -0.2) is 13.2 Å². The Kier molecular flexibility index (Phi) is 4.31. The molecule has 8 heteroatoms. The number of hydrogen-bond donors (Lipinski definition) is 0. The monoisotopic (exact) mass is 347 g/mol. The number of alkyl halides is 4. The molecule has 0 saturated carbocycles. The first-order chi connectivity index (χ1) is 11.0. The minimum absolute atomic E-state index is 0.0726. The van der Waals surface area contributed by atoms with Crippen molar-refractivity contribution in [2.75, 3.05) is 0 Å². The molecule has 0 atom stereocenters. The van der Waals surface area contributed by atoms with Crippen LogP contribution in [-0.2, 0) is 11.8 Å². The van der Waals surface area contributed by atoms with Crippen LogP contribution in [0, 0.1) is 35.7 Å². The van der Waals surface area contributed by atoms with Gasteiger partial charge >= 0.3 is 11.8 Å². The summed E-state index contributed by atoms with van der Waals surface area (Å²) >= 11 is 0. The highest BCUT2D eigenvalue weighted by molar-refractivity contribution is 5.38. The molecule has 0 unspecified atom stereocenters. The van der Waals surface area contributed by atoms with E-state index in [4.69, 9.17) is 5.26 Å². The van der Waals surface area contributed by atoms with Crippen LogP contribution in [0.15, 0.2) is 30.3 Å². The summed E-state index contributed by atoms with van der Waals surface area (Å²) in [6.07, 6.45) is 0. The summed E-state index contributed by atoms with van der Waals surface area (Å²) < 4.78 is 97.5. The Hall–Kier alpha value is -2.56. The standard InChI is InChI=1S/C16H8F7N/c1-8-6-11(17)12(14(19)13(8)18)16(22,23)15(20,21)10-4-2-9(7-24)3-5-10/h2-6H,1H3. The molecule has 0 bridgehead atoms. The SMILES string of the molecule is Cc1cc(F)c(C(F)(F)C(F)(F)c2ccc(C#N)cc2)c(F)c1F. The van der Waals surface area contributed by atoms with Crippen molar-refractivity contribution in [1.82, 2.24) is 0 Å². The highest BCUT2D eigenvalue weighted by Gasteiger charge is 2.61. The molecule has 0 N–H and O–H groups in total.